The van der Waals surface area contributed by atoms with Gasteiger partial charge in [-0.3, -0.25) is 10.6 Å². The lowest BCUT2D eigenvalue weighted by Crippen LogP contribution is -2.55. The van der Waals surface area contributed by atoms with Gasteiger partial charge in [-0.1, -0.05) is 6.07 Å². The van der Waals surface area contributed by atoms with Gasteiger partial charge in [-0.15, -0.1) is 0 Å². The number of aromatic nitrogens is 2. The predicted octanol–water partition coefficient (Wildman–Crippen LogP) is 0.869. The van der Waals surface area contributed by atoms with Gasteiger partial charge < -0.3 is 9.80 Å². The second-order valence-corrected chi connectivity index (χ2v) is 6.31. The van der Waals surface area contributed by atoms with Crippen molar-refractivity contribution in [2.45, 2.75) is 13.0 Å². The molecule has 3 heterocycles. The summed E-state index contributed by atoms with van der Waals surface area (Å²) in [7, 11) is 0. The Labute approximate surface area is 152 Å². The van der Waals surface area contributed by atoms with Crippen LogP contribution in [-0.4, -0.2) is 46.4 Å². The van der Waals surface area contributed by atoms with Crippen LogP contribution in [0.25, 0.3) is 0 Å². The average Bonchev–Trinajstić information content (AvgIpc) is 2.67. The Morgan fingerprint density at radius 2 is 1.96 bits per heavy atom. The summed E-state index contributed by atoms with van der Waals surface area (Å²) in [6, 6.07) is 11.4. The SMILES string of the molecule is CC(NNC(=S)N1CCN(c2ccccn2)CC1)c1cccc[n+]1O. The summed E-state index contributed by atoms with van der Waals surface area (Å²) in [5.41, 5.74) is 6.97. The molecule has 0 radical (unpaired) electrons. The third-order valence-electron chi connectivity index (χ3n) is 4.25. The van der Waals surface area contributed by atoms with Gasteiger partial charge in [0.05, 0.1) is 0 Å². The number of nitrogens with one attached hydrogen (secondary N) is 2. The lowest BCUT2D eigenvalue weighted by Gasteiger charge is -2.36. The number of anilines is 1. The third kappa shape index (κ3) is 4.34. The van der Waals surface area contributed by atoms with E-state index in [1.165, 1.54) is 0 Å². The highest BCUT2D eigenvalue weighted by Gasteiger charge is 2.21. The third-order valence-corrected chi connectivity index (χ3v) is 4.61. The van der Waals surface area contributed by atoms with Crippen LogP contribution in [0.5, 0.6) is 0 Å². The Hall–Kier alpha value is -2.45. The number of piperazine rings is 1. The van der Waals surface area contributed by atoms with Crippen molar-refractivity contribution in [3.05, 3.63) is 54.5 Å². The second kappa shape index (κ2) is 8.09. The van der Waals surface area contributed by atoms with Crippen LogP contribution >= 0.6 is 12.2 Å². The van der Waals surface area contributed by atoms with Gasteiger partial charge in [0.1, 0.15) is 11.9 Å². The van der Waals surface area contributed by atoms with Crippen molar-refractivity contribution in [2.75, 3.05) is 31.1 Å². The summed E-state index contributed by atoms with van der Waals surface area (Å²) in [4.78, 5) is 8.78. The highest BCUT2D eigenvalue weighted by Crippen LogP contribution is 2.12. The molecule has 0 aliphatic carbocycles. The monoisotopic (exact) mass is 359 g/mol. The molecule has 1 atom stereocenters. The molecule has 1 saturated heterocycles. The lowest BCUT2D eigenvalue weighted by molar-refractivity contribution is -0.910. The van der Waals surface area contributed by atoms with Gasteiger partial charge in [0.25, 0.3) is 5.69 Å². The van der Waals surface area contributed by atoms with Crippen molar-refractivity contribution < 1.29 is 9.94 Å². The molecular weight excluding hydrogens is 336 g/mol. The topological polar surface area (TPSA) is 67.5 Å². The summed E-state index contributed by atoms with van der Waals surface area (Å²) in [5, 5.41) is 10.5. The summed E-state index contributed by atoms with van der Waals surface area (Å²) in [6.45, 7) is 5.39. The maximum absolute atomic E-state index is 9.83. The van der Waals surface area contributed by atoms with Crippen LogP contribution in [-0.2, 0) is 0 Å². The smallest absolute Gasteiger partial charge is 0.252 e. The molecule has 0 saturated carbocycles. The molecule has 1 aliphatic rings. The van der Waals surface area contributed by atoms with Gasteiger partial charge in [-0.25, -0.2) is 10.4 Å². The molecule has 0 amide bonds. The number of thiocarbonyl (C=S) groups is 1. The molecule has 2 aromatic rings. The normalized spacial score (nSPS) is 15.7. The Morgan fingerprint density at radius 3 is 2.64 bits per heavy atom. The van der Waals surface area contributed by atoms with E-state index in [-0.39, 0.29) is 6.04 Å². The molecule has 2 aromatic heterocycles. The standard InChI is InChI=1S/C17H22N6OS/c1-14(15-6-3-5-9-23(15)24)19-20-17(25)22-12-10-21(11-13-22)16-7-2-4-8-18-16/h2-9,14,19H,10-13H2,1H3,(H-,20,24,25)/p+1. The maximum atomic E-state index is 9.83. The summed E-state index contributed by atoms with van der Waals surface area (Å²) < 4.78 is 1.11. The first-order valence-electron chi connectivity index (χ1n) is 8.31. The van der Waals surface area contributed by atoms with Gasteiger partial charge in [0, 0.05) is 49.2 Å². The van der Waals surface area contributed by atoms with Gasteiger partial charge in [-0.05, 0) is 37.3 Å². The molecule has 1 aliphatic heterocycles. The number of hydrogen-bond acceptors (Lipinski definition) is 5. The summed E-state index contributed by atoms with van der Waals surface area (Å²) >= 11 is 5.48. The zero-order chi connectivity index (χ0) is 17.6. The molecule has 3 rings (SSSR count). The molecule has 0 spiro atoms. The van der Waals surface area contributed by atoms with E-state index in [1.54, 1.807) is 12.3 Å². The van der Waals surface area contributed by atoms with Crippen LogP contribution in [0.15, 0.2) is 48.8 Å². The molecule has 8 heteroatoms. The molecule has 3 N–H and O–H groups in total. The number of hydrogen-bond donors (Lipinski definition) is 3. The Bertz CT molecular complexity index is 705. The molecule has 7 nitrogen and oxygen atoms in total. The number of pyridine rings is 2. The molecule has 1 unspecified atom stereocenters. The van der Waals surface area contributed by atoms with E-state index in [2.05, 4.69) is 25.6 Å². The van der Waals surface area contributed by atoms with Crippen LogP contribution in [0.3, 0.4) is 0 Å². The van der Waals surface area contributed by atoms with Gasteiger partial charge >= 0.3 is 0 Å². The fourth-order valence-corrected chi connectivity index (χ4v) is 3.03. The van der Waals surface area contributed by atoms with Crippen LogP contribution in [0.4, 0.5) is 5.82 Å². The van der Waals surface area contributed by atoms with E-state index >= 15 is 0 Å². The molecule has 0 aromatic carbocycles. The second-order valence-electron chi connectivity index (χ2n) is 5.93. The van der Waals surface area contributed by atoms with E-state index in [1.807, 2.05) is 43.5 Å². The Morgan fingerprint density at radius 1 is 1.20 bits per heavy atom. The quantitative estimate of drug-likeness (QED) is 0.324. The minimum Gasteiger partial charge on any atom is -0.353 e. The highest BCUT2D eigenvalue weighted by molar-refractivity contribution is 7.80. The first-order valence-corrected chi connectivity index (χ1v) is 8.72. The van der Waals surface area contributed by atoms with E-state index in [0.29, 0.717) is 5.11 Å². The summed E-state index contributed by atoms with van der Waals surface area (Å²) in [6.07, 6.45) is 3.42. The van der Waals surface area contributed by atoms with E-state index in [4.69, 9.17) is 12.2 Å². The minimum atomic E-state index is -0.0982. The predicted molar refractivity (Wildman–Crippen MR) is 99.1 cm³/mol. The average molecular weight is 359 g/mol. The van der Waals surface area contributed by atoms with Crippen molar-refractivity contribution in [3.8, 4) is 0 Å². The molecule has 132 valence electrons. The van der Waals surface area contributed by atoms with Crippen molar-refractivity contribution in [2.24, 2.45) is 0 Å². The zero-order valence-corrected chi connectivity index (χ0v) is 15.0. The Kier molecular flexibility index (Phi) is 5.62. The molecule has 0 bridgehead atoms. The van der Waals surface area contributed by atoms with Crippen molar-refractivity contribution >= 4 is 23.1 Å². The zero-order valence-electron chi connectivity index (χ0n) is 14.2. The van der Waals surface area contributed by atoms with Gasteiger partial charge in [-0.2, -0.15) is 0 Å². The van der Waals surface area contributed by atoms with Crippen LogP contribution in [0.2, 0.25) is 0 Å². The van der Waals surface area contributed by atoms with Crippen LogP contribution < -0.4 is 20.5 Å². The van der Waals surface area contributed by atoms with E-state index in [0.717, 1.165) is 42.4 Å². The van der Waals surface area contributed by atoms with E-state index < -0.39 is 0 Å². The molecule has 25 heavy (non-hydrogen) atoms. The first kappa shape index (κ1) is 17.4. The van der Waals surface area contributed by atoms with Gasteiger partial charge in [0.15, 0.2) is 5.11 Å². The largest absolute Gasteiger partial charge is 0.353 e. The van der Waals surface area contributed by atoms with Crippen LogP contribution in [0.1, 0.15) is 18.7 Å². The number of rotatable bonds is 4. The van der Waals surface area contributed by atoms with Crippen LogP contribution in [0, 0.1) is 0 Å². The van der Waals surface area contributed by atoms with Crippen molar-refractivity contribution in [3.63, 3.8) is 0 Å². The number of nitrogens with zero attached hydrogens (tertiary/aromatic N) is 4. The van der Waals surface area contributed by atoms with Gasteiger partial charge in [0.2, 0.25) is 6.20 Å². The van der Waals surface area contributed by atoms with Crippen molar-refractivity contribution in [1.82, 2.24) is 20.7 Å². The lowest BCUT2D eigenvalue weighted by atomic mass is 10.2. The fourth-order valence-electron chi connectivity index (χ4n) is 2.79. The van der Waals surface area contributed by atoms with E-state index in [9.17, 15) is 5.21 Å². The highest BCUT2D eigenvalue weighted by atomic mass is 32.1. The fraction of sp³-hybridized carbons (Fsp3) is 0.353. The minimum absolute atomic E-state index is 0.0982. The first-order chi connectivity index (χ1) is 12.1. The van der Waals surface area contributed by atoms with Crippen molar-refractivity contribution in [1.29, 1.82) is 0 Å². The maximum Gasteiger partial charge on any atom is 0.252 e. The Balaban J connectivity index is 1.47. The molecule has 1 fully saturated rings. The molecular formula is C17H23N6OS+. The summed E-state index contributed by atoms with van der Waals surface area (Å²) in [5.74, 6) is 1.00. The number of hydrazine groups is 1.